The van der Waals surface area contributed by atoms with Gasteiger partial charge in [-0.15, -0.1) is 0 Å². The molecule has 2 aromatic carbocycles. The molecule has 2 aromatic rings. The lowest BCUT2D eigenvalue weighted by Gasteiger charge is -2.14. The number of anilines is 1. The van der Waals surface area contributed by atoms with Crippen LogP contribution in [0.1, 0.15) is 5.56 Å². The minimum atomic E-state index is -0.795. The Hall–Kier alpha value is -2.27. The number of hydrogen-bond donors (Lipinski definition) is 2. The van der Waals surface area contributed by atoms with Gasteiger partial charge in [0.25, 0.3) is 0 Å². The number of rotatable bonds is 6. The van der Waals surface area contributed by atoms with E-state index in [0.717, 1.165) is 0 Å². The number of aliphatic hydroxyl groups is 1. The summed E-state index contributed by atoms with van der Waals surface area (Å²) >= 11 is 0. The van der Waals surface area contributed by atoms with Crippen LogP contribution >= 0.6 is 0 Å². The van der Waals surface area contributed by atoms with Crippen LogP contribution in [0.5, 0.6) is 11.5 Å². The highest BCUT2D eigenvalue weighted by Gasteiger charge is 2.08. The highest BCUT2D eigenvalue weighted by atomic mass is 19.1. The molecule has 0 aliphatic rings. The summed E-state index contributed by atoms with van der Waals surface area (Å²) in [5, 5.41) is 9.81. The van der Waals surface area contributed by atoms with Crippen molar-refractivity contribution in [1.29, 1.82) is 0 Å². The van der Waals surface area contributed by atoms with Gasteiger partial charge in [-0.1, -0.05) is 6.07 Å². The fourth-order valence-electron chi connectivity index (χ4n) is 1.74. The average molecular weight is 291 g/mol. The molecule has 1 unspecified atom stereocenters. The van der Waals surface area contributed by atoms with Gasteiger partial charge in [0, 0.05) is 11.8 Å². The van der Waals surface area contributed by atoms with E-state index in [2.05, 4.69) is 0 Å². The van der Waals surface area contributed by atoms with Crippen LogP contribution in [0.3, 0.4) is 0 Å². The van der Waals surface area contributed by atoms with Crippen molar-refractivity contribution in [3.63, 3.8) is 0 Å². The van der Waals surface area contributed by atoms with Crippen molar-refractivity contribution in [3.8, 4) is 11.5 Å². The molecule has 0 heterocycles. The monoisotopic (exact) mass is 291 g/mol. The molecule has 0 spiro atoms. The van der Waals surface area contributed by atoms with Crippen LogP contribution in [0.2, 0.25) is 0 Å². The van der Waals surface area contributed by atoms with Crippen LogP contribution in [0, 0.1) is 12.7 Å². The number of aliphatic hydroxyl groups excluding tert-OH is 1. The lowest BCUT2D eigenvalue weighted by Crippen LogP contribution is -2.25. The van der Waals surface area contributed by atoms with E-state index in [9.17, 15) is 9.50 Å². The predicted molar refractivity (Wildman–Crippen MR) is 79.0 cm³/mol. The minimum Gasteiger partial charge on any atom is -0.491 e. The summed E-state index contributed by atoms with van der Waals surface area (Å²) in [4.78, 5) is 0. The third-order valence-corrected chi connectivity index (χ3v) is 2.87. The Labute approximate surface area is 122 Å². The Bertz CT molecular complexity index is 604. The summed E-state index contributed by atoms with van der Waals surface area (Å²) in [7, 11) is 0. The third kappa shape index (κ3) is 4.65. The minimum absolute atomic E-state index is 0.0629. The summed E-state index contributed by atoms with van der Waals surface area (Å²) in [6, 6.07) is 11.4. The van der Waals surface area contributed by atoms with E-state index in [-0.39, 0.29) is 19.0 Å². The molecule has 0 saturated carbocycles. The van der Waals surface area contributed by atoms with Gasteiger partial charge in [0.2, 0.25) is 0 Å². The first kappa shape index (κ1) is 15.1. The zero-order valence-electron chi connectivity index (χ0n) is 11.8. The summed E-state index contributed by atoms with van der Waals surface area (Å²) in [5.41, 5.74) is 6.72. The molecule has 0 radical (unpaired) electrons. The van der Waals surface area contributed by atoms with E-state index in [0.29, 0.717) is 22.7 Å². The maximum Gasteiger partial charge on any atom is 0.126 e. The highest BCUT2D eigenvalue weighted by molar-refractivity contribution is 5.43. The topological polar surface area (TPSA) is 64.7 Å². The van der Waals surface area contributed by atoms with Crippen LogP contribution in [-0.4, -0.2) is 24.4 Å². The van der Waals surface area contributed by atoms with Gasteiger partial charge in [-0.2, -0.15) is 0 Å². The SMILES string of the molecule is Cc1cc(OCC(O)COc2cccc(N)c2)ccc1F. The van der Waals surface area contributed by atoms with Crippen LogP contribution < -0.4 is 15.2 Å². The van der Waals surface area contributed by atoms with E-state index >= 15 is 0 Å². The molecule has 21 heavy (non-hydrogen) atoms. The number of aryl methyl sites for hydroxylation is 1. The van der Waals surface area contributed by atoms with Gasteiger partial charge in [0.15, 0.2) is 0 Å². The van der Waals surface area contributed by atoms with Crippen molar-refractivity contribution < 1.29 is 19.0 Å². The maximum atomic E-state index is 13.1. The summed E-state index contributed by atoms with van der Waals surface area (Å²) in [6.07, 6.45) is -0.795. The van der Waals surface area contributed by atoms with Gasteiger partial charge in [0.05, 0.1) is 0 Å². The summed E-state index contributed by atoms with van der Waals surface area (Å²) in [6.45, 7) is 1.80. The molecule has 112 valence electrons. The largest absolute Gasteiger partial charge is 0.491 e. The highest BCUT2D eigenvalue weighted by Crippen LogP contribution is 2.17. The Morgan fingerprint density at radius 2 is 1.76 bits per heavy atom. The lowest BCUT2D eigenvalue weighted by atomic mass is 10.2. The maximum absolute atomic E-state index is 13.1. The van der Waals surface area contributed by atoms with Gasteiger partial charge in [0.1, 0.15) is 36.6 Å². The summed E-state index contributed by atoms with van der Waals surface area (Å²) < 4.78 is 23.9. The van der Waals surface area contributed by atoms with Gasteiger partial charge < -0.3 is 20.3 Å². The molecule has 0 aromatic heterocycles. The Kier molecular flexibility index (Phi) is 5.00. The van der Waals surface area contributed by atoms with Crippen molar-refractivity contribution in [2.24, 2.45) is 0 Å². The number of nitrogens with two attached hydrogens (primary N) is 1. The van der Waals surface area contributed by atoms with Crippen LogP contribution in [0.4, 0.5) is 10.1 Å². The molecule has 2 rings (SSSR count). The predicted octanol–water partition coefficient (Wildman–Crippen LogP) is 2.54. The van der Waals surface area contributed by atoms with Crippen LogP contribution in [0.25, 0.3) is 0 Å². The molecule has 0 bridgehead atoms. The molecular formula is C16H18FNO3. The van der Waals surface area contributed by atoms with Crippen molar-refractivity contribution in [2.45, 2.75) is 13.0 Å². The molecule has 1 atom stereocenters. The fraction of sp³-hybridized carbons (Fsp3) is 0.250. The first-order valence-electron chi connectivity index (χ1n) is 6.60. The average Bonchev–Trinajstić information content (AvgIpc) is 2.46. The van der Waals surface area contributed by atoms with Crippen molar-refractivity contribution in [2.75, 3.05) is 18.9 Å². The van der Waals surface area contributed by atoms with E-state index in [1.807, 2.05) is 0 Å². The second-order valence-electron chi connectivity index (χ2n) is 4.76. The standard InChI is InChI=1S/C16H18FNO3/c1-11-7-15(5-6-16(11)17)21-10-13(19)9-20-14-4-2-3-12(18)8-14/h2-8,13,19H,9-10,18H2,1H3. The van der Waals surface area contributed by atoms with Crippen molar-refractivity contribution in [3.05, 3.63) is 53.8 Å². The zero-order valence-corrected chi connectivity index (χ0v) is 11.8. The number of nitrogen functional groups attached to an aromatic ring is 1. The first-order valence-corrected chi connectivity index (χ1v) is 6.60. The molecule has 5 heteroatoms. The molecule has 0 aliphatic carbocycles. The number of ether oxygens (including phenoxy) is 2. The normalized spacial score (nSPS) is 12.0. The number of hydrogen-bond acceptors (Lipinski definition) is 4. The molecule has 0 fully saturated rings. The van der Waals surface area contributed by atoms with Gasteiger partial charge in [-0.05, 0) is 42.8 Å². The summed E-state index contributed by atoms with van der Waals surface area (Å²) in [5.74, 6) is 0.816. The third-order valence-electron chi connectivity index (χ3n) is 2.87. The fourth-order valence-corrected chi connectivity index (χ4v) is 1.74. The smallest absolute Gasteiger partial charge is 0.126 e. The van der Waals surface area contributed by atoms with Crippen molar-refractivity contribution in [1.82, 2.24) is 0 Å². The van der Waals surface area contributed by atoms with Crippen molar-refractivity contribution >= 4 is 5.69 Å². The second-order valence-corrected chi connectivity index (χ2v) is 4.76. The molecular weight excluding hydrogens is 273 g/mol. The van der Waals surface area contributed by atoms with Gasteiger partial charge >= 0.3 is 0 Å². The lowest BCUT2D eigenvalue weighted by molar-refractivity contribution is 0.0626. The molecule has 4 nitrogen and oxygen atoms in total. The molecule has 0 amide bonds. The second kappa shape index (κ2) is 6.95. The van der Waals surface area contributed by atoms with E-state index in [1.165, 1.54) is 12.1 Å². The molecule has 3 N–H and O–H groups in total. The van der Waals surface area contributed by atoms with Gasteiger partial charge in [-0.25, -0.2) is 4.39 Å². The zero-order chi connectivity index (χ0) is 15.2. The van der Waals surface area contributed by atoms with E-state index < -0.39 is 6.10 Å². The molecule has 0 saturated heterocycles. The Morgan fingerprint density at radius 1 is 1.10 bits per heavy atom. The quantitative estimate of drug-likeness (QED) is 0.803. The Balaban J connectivity index is 1.79. The number of halogens is 1. The van der Waals surface area contributed by atoms with Crippen LogP contribution in [0.15, 0.2) is 42.5 Å². The van der Waals surface area contributed by atoms with Crippen LogP contribution in [-0.2, 0) is 0 Å². The van der Waals surface area contributed by atoms with E-state index in [4.69, 9.17) is 15.2 Å². The number of benzene rings is 2. The molecule has 0 aliphatic heterocycles. The Morgan fingerprint density at radius 3 is 2.38 bits per heavy atom. The van der Waals surface area contributed by atoms with Gasteiger partial charge in [-0.3, -0.25) is 0 Å². The van der Waals surface area contributed by atoms with E-state index in [1.54, 1.807) is 37.3 Å². The first-order chi connectivity index (χ1) is 10.0.